The number of ether oxygens (including phenoxy) is 2. The van der Waals surface area contributed by atoms with E-state index < -0.39 is 5.91 Å². The highest BCUT2D eigenvalue weighted by atomic mass is 35.5. The van der Waals surface area contributed by atoms with Crippen molar-refractivity contribution in [2.45, 2.75) is 27.2 Å². The molecule has 0 atom stereocenters. The van der Waals surface area contributed by atoms with Gasteiger partial charge in [-0.1, -0.05) is 44.0 Å². The Labute approximate surface area is 186 Å². The van der Waals surface area contributed by atoms with E-state index in [0.29, 0.717) is 47.4 Å². The van der Waals surface area contributed by atoms with Gasteiger partial charge in [-0.2, -0.15) is 0 Å². The predicted molar refractivity (Wildman–Crippen MR) is 120 cm³/mol. The lowest BCUT2D eigenvalue weighted by atomic mass is 10.1. The van der Waals surface area contributed by atoms with Crippen molar-refractivity contribution in [3.05, 3.63) is 51.5 Å². The van der Waals surface area contributed by atoms with Gasteiger partial charge in [-0.25, -0.2) is 0 Å². The Hall–Kier alpha value is -2.44. The highest BCUT2D eigenvalue weighted by Crippen LogP contribution is 2.37. The fraction of sp³-hybridized carbons (Fsp3) is 0.364. The number of halogens is 2. The van der Waals surface area contributed by atoms with E-state index in [-0.39, 0.29) is 16.0 Å². The molecule has 0 fully saturated rings. The summed E-state index contributed by atoms with van der Waals surface area (Å²) in [5.41, 5.74) is 1.10. The quantitative estimate of drug-likeness (QED) is 0.531. The molecule has 30 heavy (non-hydrogen) atoms. The number of hydrogen-bond acceptors (Lipinski definition) is 4. The van der Waals surface area contributed by atoms with Crippen LogP contribution in [-0.2, 0) is 0 Å². The number of nitrogens with one attached hydrogen (secondary N) is 2. The Kier molecular flexibility index (Phi) is 8.81. The van der Waals surface area contributed by atoms with Crippen molar-refractivity contribution in [2.24, 2.45) is 5.92 Å². The van der Waals surface area contributed by atoms with Gasteiger partial charge in [0.15, 0.2) is 11.5 Å². The van der Waals surface area contributed by atoms with Crippen LogP contribution in [0.1, 0.15) is 47.9 Å². The smallest absolute Gasteiger partial charge is 0.255 e. The Morgan fingerprint density at radius 3 is 2.40 bits per heavy atom. The molecule has 0 aliphatic carbocycles. The Bertz CT molecular complexity index is 916. The van der Waals surface area contributed by atoms with Crippen LogP contribution in [0.25, 0.3) is 0 Å². The Balaban J connectivity index is 2.18. The first kappa shape index (κ1) is 23.8. The van der Waals surface area contributed by atoms with Gasteiger partial charge < -0.3 is 20.1 Å². The van der Waals surface area contributed by atoms with Crippen LogP contribution < -0.4 is 20.1 Å². The molecule has 2 amide bonds. The van der Waals surface area contributed by atoms with Crippen molar-refractivity contribution in [1.82, 2.24) is 5.32 Å². The van der Waals surface area contributed by atoms with E-state index in [4.69, 9.17) is 32.7 Å². The molecule has 0 heterocycles. The van der Waals surface area contributed by atoms with E-state index in [1.165, 1.54) is 19.2 Å². The molecule has 0 aliphatic heterocycles. The monoisotopic (exact) mass is 452 g/mol. The third kappa shape index (κ3) is 6.28. The van der Waals surface area contributed by atoms with E-state index in [9.17, 15) is 9.59 Å². The van der Waals surface area contributed by atoms with Gasteiger partial charge in [-0.3, -0.25) is 9.59 Å². The lowest BCUT2D eigenvalue weighted by Gasteiger charge is -2.15. The summed E-state index contributed by atoms with van der Waals surface area (Å²) in [6, 6.07) is 7.79. The zero-order valence-electron chi connectivity index (χ0n) is 17.5. The minimum Gasteiger partial charge on any atom is -0.493 e. The van der Waals surface area contributed by atoms with Gasteiger partial charge in [0.25, 0.3) is 11.8 Å². The summed E-state index contributed by atoms with van der Waals surface area (Å²) in [5.74, 6) is 0.424. The van der Waals surface area contributed by atoms with E-state index in [1.54, 1.807) is 18.2 Å². The van der Waals surface area contributed by atoms with Gasteiger partial charge in [-0.05, 0) is 42.7 Å². The average molecular weight is 453 g/mol. The zero-order chi connectivity index (χ0) is 22.3. The number of methoxy groups -OCH3 is 1. The summed E-state index contributed by atoms with van der Waals surface area (Å²) in [6.45, 7) is 7.04. The second kappa shape index (κ2) is 11.1. The van der Waals surface area contributed by atoms with Crippen LogP contribution in [0, 0.1) is 5.92 Å². The van der Waals surface area contributed by atoms with Crippen LogP contribution >= 0.6 is 23.2 Å². The third-order valence-corrected chi connectivity index (χ3v) is 4.65. The van der Waals surface area contributed by atoms with E-state index >= 15 is 0 Å². The molecule has 0 radical (unpaired) electrons. The number of amides is 2. The summed E-state index contributed by atoms with van der Waals surface area (Å²) in [6.07, 6.45) is 0.824. The first-order chi connectivity index (χ1) is 14.3. The Morgan fingerprint density at radius 1 is 1.07 bits per heavy atom. The maximum Gasteiger partial charge on any atom is 0.255 e. The molecule has 6 nitrogen and oxygen atoms in total. The van der Waals surface area contributed by atoms with E-state index in [2.05, 4.69) is 10.6 Å². The van der Waals surface area contributed by atoms with Gasteiger partial charge in [0.2, 0.25) is 0 Å². The number of carbonyl (C=O) groups is 2. The molecule has 2 aromatic carbocycles. The van der Waals surface area contributed by atoms with Gasteiger partial charge in [0, 0.05) is 17.8 Å². The molecule has 2 rings (SSSR count). The highest BCUT2D eigenvalue weighted by Gasteiger charge is 2.17. The lowest BCUT2D eigenvalue weighted by molar-refractivity contribution is 0.0953. The van der Waals surface area contributed by atoms with Crippen molar-refractivity contribution in [1.29, 1.82) is 0 Å². The van der Waals surface area contributed by atoms with Gasteiger partial charge in [-0.15, -0.1) is 0 Å². The fourth-order valence-corrected chi connectivity index (χ4v) is 3.09. The first-order valence-corrected chi connectivity index (χ1v) is 10.4. The second-order valence-corrected chi connectivity index (χ2v) is 7.91. The number of carbonyl (C=O) groups excluding carboxylic acids is 2. The largest absolute Gasteiger partial charge is 0.493 e. The van der Waals surface area contributed by atoms with Crippen LogP contribution in [0.2, 0.25) is 10.0 Å². The second-order valence-electron chi connectivity index (χ2n) is 7.10. The number of hydrogen-bond donors (Lipinski definition) is 2. The van der Waals surface area contributed by atoms with Crippen molar-refractivity contribution >= 4 is 40.7 Å². The minimum atomic E-state index is -0.398. The summed E-state index contributed by atoms with van der Waals surface area (Å²) in [7, 11) is 1.48. The van der Waals surface area contributed by atoms with Crippen molar-refractivity contribution in [3.63, 3.8) is 0 Å². The summed E-state index contributed by atoms with van der Waals surface area (Å²) < 4.78 is 11.0. The molecule has 8 heteroatoms. The number of rotatable bonds is 9. The molecule has 0 aromatic heterocycles. The third-order valence-electron chi connectivity index (χ3n) is 4.06. The minimum absolute atomic E-state index is 0.245. The van der Waals surface area contributed by atoms with Crippen molar-refractivity contribution in [3.8, 4) is 11.5 Å². The number of anilines is 1. The van der Waals surface area contributed by atoms with Crippen molar-refractivity contribution in [2.75, 3.05) is 25.6 Å². The maximum absolute atomic E-state index is 12.7. The SMILES string of the molecule is CCCNC(=O)c1ccc(NC(=O)c2cc(Cl)c(OCC(C)C)c(OC)c2)cc1Cl. The number of benzene rings is 2. The molecule has 2 N–H and O–H groups in total. The standard InChI is InChI=1S/C22H26Cl2N2O4/c1-5-8-25-22(28)16-7-6-15(11-17(16)23)26-21(27)14-9-18(24)20(19(10-14)29-4)30-12-13(2)3/h6-7,9-11,13H,5,8,12H2,1-4H3,(H,25,28)(H,26,27). The molecule has 2 aromatic rings. The van der Waals surface area contributed by atoms with Gasteiger partial charge in [0.05, 0.1) is 29.3 Å². The Morgan fingerprint density at radius 2 is 1.80 bits per heavy atom. The van der Waals surface area contributed by atoms with Crippen LogP contribution in [0.5, 0.6) is 11.5 Å². The fourth-order valence-electron chi connectivity index (χ4n) is 2.56. The van der Waals surface area contributed by atoms with Crippen molar-refractivity contribution < 1.29 is 19.1 Å². The average Bonchev–Trinajstić information content (AvgIpc) is 2.70. The maximum atomic E-state index is 12.7. The van der Waals surface area contributed by atoms with Gasteiger partial charge in [0.1, 0.15) is 0 Å². The molecule has 0 bridgehead atoms. The summed E-state index contributed by atoms with van der Waals surface area (Å²) >= 11 is 12.5. The summed E-state index contributed by atoms with van der Waals surface area (Å²) in [5, 5.41) is 6.04. The first-order valence-electron chi connectivity index (χ1n) is 9.66. The molecule has 0 spiro atoms. The molecule has 0 saturated carbocycles. The molecule has 0 aliphatic rings. The normalized spacial score (nSPS) is 10.6. The van der Waals surface area contributed by atoms with Crippen LogP contribution in [0.15, 0.2) is 30.3 Å². The molecular formula is C22H26Cl2N2O4. The van der Waals surface area contributed by atoms with E-state index in [1.807, 2.05) is 20.8 Å². The van der Waals surface area contributed by atoms with Gasteiger partial charge >= 0.3 is 0 Å². The summed E-state index contributed by atoms with van der Waals surface area (Å²) in [4.78, 5) is 24.8. The highest BCUT2D eigenvalue weighted by molar-refractivity contribution is 6.34. The van der Waals surface area contributed by atoms with Crippen LogP contribution in [-0.4, -0.2) is 32.1 Å². The van der Waals surface area contributed by atoms with Crippen LogP contribution in [0.4, 0.5) is 5.69 Å². The zero-order valence-corrected chi connectivity index (χ0v) is 19.0. The topological polar surface area (TPSA) is 76.7 Å². The van der Waals surface area contributed by atoms with E-state index in [0.717, 1.165) is 6.42 Å². The van der Waals surface area contributed by atoms with Crippen LogP contribution in [0.3, 0.4) is 0 Å². The predicted octanol–water partition coefficient (Wildman–Crippen LogP) is 5.43. The molecule has 0 unspecified atom stereocenters. The molecular weight excluding hydrogens is 427 g/mol. The molecule has 0 saturated heterocycles. The lowest BCUT2D eigenvalue weighted by Crippen LogP contribution is -2.24. The molecule has 162 valence electrons.